The summed E-state index contributed by atoms with van der Waals surface area (Å²) < 4.78 is 46.4. The maximum absolute atomic E-state index is 13.7. The fraction of sp³-hybridized carbons (Fsp3) is 0.632. The molecule has 0 aliphatic carbocycles. The summed E-state index contributed by atoms with van der Waals surface area (Å²) >= 11 is 0. The highest BCUT2D eigenvalue weighted by atomic mass is 19.4. The van der Waals surface area contributed by atoms with E-state index in [1.54, 1.807) is 13.3 Å². The minimum absolute atomic E-state index is 0.0227. The molecule has 0 bridgehead atoms. The Bertz CT molecular complexity index is 630. The molecule has 0 saturated carbocycles. The summed E-state index contributed by atoms with van der Waals surface area (Å²) in [7, 11) is 3.14. The third kappa shape index (κ3) is 5.13. The molecule has 1 N–H and O–H groups in total. The van der Waals surface area contributed by atoms with Crippen molar-refractivity contribution in [1.82, 2.24) is 4.90 Å². The highest BCUT2D eigenvalue weighted by molar-refractivity contribution is 5.65. The third-order valence-electron chi connectivity index (χ3n) is 4.41. The molecular weight excluding hydrogens is 345 g/mol. The van der Waals surface area contributed by atoms with Crippen LogP contribution in [0.15, 0.2) is 17.1 Å². The van der Waals surface area contributed by atoms with Crippen molar-refractivity contribution in [2.24, 2.45) is 10.9 Å². The van der Waals surface area contributed by atoms with E-state index in [9.17, 15) is 18.3 Å². The quantitative estimate of drug-likeness (QED) is 0.525. The lowest BCUT2D eigenvalue weighted by Crippen LogP contribution is -2.43. The van der Waals surface area contributed by atoms with Crippen LogP contribution in [0.4, 0.5) is 18.9 Å². The molecule has 148 valence electrons. The van der Waals surface area contributed by atoms with E-state index in [-0.39, 0.29) is 23.7 Å². The van der Waals surface area contributed by atoms with Gasteiger partial charge in [-0.25, -0.2) is 4.99 Å². The van der Waals surface area contributed by atoms with Crippen molar-refractivity contribution < 1.29 is 23.0 Å². The lowest BCUT2D eigenvalue weighted by Gasteiger charge is -2.33. The number of methoxy groups -OCH3 is 1. The van der Waals surface area contributed by atoms with E-state index in [2.05, 4.69) is 4.99 Å². The van der Waals surface area contributed by atoms with Crippen LogP contribution in [-0.2, 0) is 5.60 Å². The van der Waals surface area contributed by atoms with Crippen LogP contribution in [0.25, 0.3) is 0 Å². The summed E-state index contributed by atoms with van der Waals surface area (Å²) in [6.07, 6.45) is -3.39. The number of halogens is 3. The Morgan fingerprint density at radius 1 is 1.31 bits per heavy atom. The molecule has 0 aliphatic rings. The molecule has 0 spiro atoms. The van der Waals surface area contributed by atoms with Crippen molar-refractivity contribution in [2.75, 3.05) is 20.7 Å². The van der Waals surface area contributed by atoms with E-state index >= 15 is 0 Å². The Kier molecular flexibility index (Phi) is 7.50. The topological polar surface area (TPSA) is 45.1 Å². The van der Waals surface area contributed by atoms with Gasteiger partial charge in [-0.1, -0.05) is 13.8 Å². The van der Waals surface area contributed by atoms with Gasteiger partial charge in [0.2, 0.25) is 0 Å². The van der Waals surface area contributed by atoms with Crippen LogP contribution in [0.5, 0.6) is 5.75 Å². The van der Waals surface area contributed by atoms with Crippen molar-refractivity contribution in [2.45, 2.75) is 52.3 Å². The molecule has 1 aromatic carbocycles. The van der Waals surface area contributed by atoms with Gasteiger partial charge in [0.25, 0.3) is 0 Å². The number of aryl methyl sites for hydroxylation is 1. The molecule has 1 rings (SSSR count). The normalized spacial score (nSPS) is 14.7. The van der Waals surface area contributed by atoms with Gasteiger partial charge in [-0.15, -0.1) is 0 Å². The number of benzene rings is 1. The first-order valence-corrected chi connectivity index (χ1v) is 8.68. The van der Waals surface area contributed by atoms with Crippen molar-refractivity contribution in [3.8, 4) is 5.75 Å². The van der Waals surface area contributed by atoms with E-state index in [4.69, 9.17) is 4.74 Å². The van der Waals surface area contributed by atoms with Gasteiger partial charge < -0.3 is 14.7 Å². The highest BCUT2D eigenvalue weighted by Gasteiger charge is 2.55. The third-order valence-corrected chi connectivity index (χ3v) is 4.41. The second kappa shape index (κ2) is 8.75. The Hall–Kier alpha value is -1.76. The predicted octanol–water partition coefficient (Wildman–Crippen LogP) is 4.80. The van der Waals surface area contributed by atoms with E-state index in [1.165, 1.54) is 19.2 Å². The summed E-state index contributed by atoms with van der Waals surface area (Å²) in [6, 6.07) is 2.77. The first-order chi connectivity index (χ1) is 12.0. The largest absolute Gasteiger partial charge is 0.496 e. The molecule has 0 amide bonds. The van der Waals surface area contributed by atoms with Gasteiger partial charge in [0, 0.05) is 25.2 Å². The van der Waals surface area contributed by atoms with Crippen LogP contribution in [0.3, 0.4) is 0 Å². The minimum atomic E-state index is -4.81. The minimum Gasteiger partial charge on any atom is -0.496 e. The molecular formula is C19H29F3N2O2. The maximum atomic E-state index is 13.7. The number of nitrogens with zero attached hydrogens (tertiary/aromatic N) is 2. The first kappa shape index (κ1) is 22.3. The summed E-state index contributed by atoms with van der Waals surface area (Å²) in [6.45, 7) is 8.02. The first-order valence-electron chi connectivity index (χ1n) is 8.68. The maximum Gasteiger partial charge on any atom is 0.421 e. The molecule has 0 aromatic heterocycles. The molecule has 1 aromatic rings. The van der Waals surface area contributed by atoms with Gasteiger partial charge in [0.15, 0.2) is 5.60 Å². The van der Waals surface area contributed by atoms with Crippen molar-refractivity contribution in [3.63, 3.8) is 0 Å². The molecule has 1 unspecified atom stereocenters. The van der Waals surface area contributed by atoms with Crippen LogP contribution < -0.4 is 4.74 Å². The summed E-state index contributed by atoms with van der Waals surface area (Å²) in [5, 5.41) is 10.6. The number of rotatable bonds is 8. The average molecular weight is 374 g/mol. The van der Waals surface area contributed by atoms with E-state index in [0.717, 1.165) is 6.54 Å². The average Bonchev–Trinajstić information content (AvgIpc) is 2.56. The summed E-state index contributed by atoms with van der Waals surface area (Å²) in [5.74, 6) is 0.00917. The second-order valence-electron chi connectivity index (χ2n) is 6.95. The molecule has 0 fully saturated rings. The number of aliphatic hydroxyl groups is 1. The molecule has 0 saturated heterocycles. The molecule has 1 atom stereocenters. The zero-order chi connectivity index (χ0) is 20.1. The molecule has 4 nitrogen and oxygen atoms in total. The van der Waals surface area contributed by atoms with Gasteiger partial charge in [-0.05, 0) is 44.2 Å². The SMILES string of the molecule is CCN(C)/C=N/c1cc(OC)c(C(O)(CCC(C)C)C(F)(F)F)cc1C. The van der Waals surface area contributed by atoms with Gasteiger partial charge in [0.1, 0.15) is 5.75 Å². The zero-order valence-electron chi connectivity index (χ0n) is 16.3. The van der Waals surface area contributed by atoms with Gasteiger partial charge in [-0.3, -0.25) is 0 Å². The van der Waals surface area contributed by atoms with Crippen LogP contribution in [0.1, 0.15) is 44.7 Å². The standard InChI is InChI=1S/C19H29F3N2O2/c1-7-24(5)12-23-16-11-17(26-6)15(10-14(16)4)18(25,19(20,21)22)9-8-13(2)3/h10-13,25H,7-9H2,1-6H3/b23-12+. The van der Waals surface area contributed by atoms with Crippen LogP contribution in [-0.4, -0.2) is 43.2 Å². The molecule has 0 radical (unpaired) electrons. The number of aliphatic imine (C=N–C) groups is 1. The van der Waals surface area contributed by atoms with Crippen molar-refractivity contribution in [1.29, 1.82) is 0 Å². The molecule has 0 aliphatic heterocycles. The zero-order valence-corrected chi connectivity index (χ0v) is 16.3. The number of hydrogen-bond acceptors (Lipinski definition) is 3. The number of hydrogen-bond donors (Lipinski definition) is 1. The monoisotopic (exact) mass is 374 g/mol. The fourth-order valence-electron chi connectivity index (χ4n) is 2.48. The van der Waals surface area contributed by atoms with E-state index in [1.807, 2.05) is 32.7 Å². The highest BCUT2D eigenvalue weighted by Crippen LogP contribution is 2.47. The second-order valence-corrected chi connectivity index (χ2v) is 6.95. The lowest BCUT2D eigenvalue weighted by atomic mass is 9.84. The summed E-state index contributed by atoms with van der Waals surface area (Å²) in [5.41, 5.74) is -2.20. The van der Waals surface area contributed by atoms with Gasteiger partial charge in [-0.2, -0.15) is 13.2 Å². The lowest BCUT2D eigenvalue weighted by molar-refractivity contribution is -0.270. The Labute approximate surface area is 153 Å². The Balaban J connectivity index is 3.44. The van der Waals surface area contributed by atoms with Crippen LogP contribution in [0.2, 0.25) is 0 Å². The smallest absolute Gasteiger partial charge is 0.421 e. The Morgan fingerprint density at radius 2 is 1.92 bits per heavy atom. The number of alkyl halides is 3. The van der Waals surface area contributed by atoms with Crippen molar-refractivity contribution in [3.05, 3.63) is 23.3 Å². The van der Waals surface area contributed by atoms with Gasteiger partial charge in [0.05, 0.1) is 19.1 Å². The van der Waals surface area contributed by atoms with Crippen LogP contribution >= 0.6 is 0 Å². The fourth-order valence-corrected chi connectivity index (χ4v) is 2.48. The Morgan fingerprint density at radius 3 is 2.38 bits per heavy atom. The van der Waals surface area contributed by atoms with Crippen molar-refractivity contribution >= 4 is 12.0 Å². The van der Waals surface area contributed by atoms with Gasteiger partial charge >= 0.3 is 6.18 Å². The molecule has 7 heteroatoms. The number of ether oxygens (including phenoxy) is 1. The summed E-state index contributed by atoms with van der Waals surface area (Å²) in [4.78, 5) is 6.14. The molecule has 26 heavy (non-hydrogen) atoms. The van der Waals surface area contributed by atoms with E-state index < -0.39 is 18.2 Å². The van der Waals surface area contributed by atoms with Crippen LogP contribution in [0, 0.1) is 12.8 Å². The van der Waals surface area contributed by atoms with E-state index in [0.29, 0.717) is 11.3 Å². The molecule has 0 heterocycles. The predicted molar refractivity (Wildman–Crippen MR) is 98.2 cm³/mol.